The van der Waals surface area contributed by atoms with Crippen LogP contribution in [-0.4, -0.2) is 29.9 Å². The Bertz CT molecular complexity index is 2980. The van der Waals surface area contributed by atoms with Gasteiger partial charge in [-0.1, -0.05) is 115 Å². The fourth-order valence-corrected chi connectivity index (χ4v) is 7.18. The van der Waals surface area contributed by atoms with Crippen molar-refractivity contribution in [3.63, 3.8) is 0 Å². The second-order valence-corrected chi connectivity index (χ2v) is 13.2. The molecular weight excluding hydrogens is 661 g/mol. The second kappa shape index (κ2) is 13.3. The molecule has 0 amide bonds. The molecule has 0 aliphatic rings. The van der Waals surface area contributed by atoms with E-state index in [0.717, 1.165) is 55.4 Å². The van der Waals surface area contributed by atoms with Gasteiger partial charge in [0.05, 0.1) is 5.69 Å². The van der Waals surface area contributed by atoms with Gasteiger partial charge >= 0.3 is 0 Å². The van der Waals surface area contributed by atoms with E-state index in [0.29, 0.717) is 23.3 Å². The van der Waals surface area contributed by atoms with Crippen molar-refractivity contribution >= 4 is 32.3 Å². The molecule has 6 heteroatoms. The van der Waals surface area contributed by atoms with Crippen molar-refractivity contribution in [2.24, 2.45) is 0 Å². The molecule has 0 fully saturated rings. The molecule has 10 aromatic rings. The molecule has 7 aromatic carbocycles. The minimum absolute atomic E-state index is 0.578. The molecule has 0 saturated heterocycles. The van der Waals surface area contributed by atoms with Gasteiger partial charge in [0.2, 0.25) is 0 Å². The van der Waals surface area contributed by atoms with Crippen LogP contribution < -0.4 is 0 Å². The molecule has 0 aliphatic heterocycles. The Balaban J connectivity index is 1.21. The lowest BCUT2D eigenvalue weighted by molar-refractivity contribution is 1.07. The van der Waals surface area contributed by atoms with Crippen LogP contribution in [0.15, 0.2) is 182 Å². The number of fused-ring (bicyclic) bond motifs is 4. The maximum absolute atomic E-state index is 5.18. The number of rotatable bonds is 6. The molecule has 252 valence electrons. The van der Waals surface area contributed by atoms with Gasteiger partial charge in [0.25, 0.3) is 0 Å². The van der Waals surface area contributed by atoms with Crippen molar-refractivity contribution in [1.82, 2.24) is 29.9 Å². The van der Waals surface area contributed by atoms with Gasteiger partial charge in [0, 0.05) is 46.4 Å². The third kappa shape index (κ3) is 5.82. The van der Waals surface area contributed by atoms with Crippen LogP contribution in [0.5, 0.6) is 0 Å². The minimum atomic E-state index is 0.578. The molecule has 0 radical (unpaired) electrons. The van der Waals surface area contributed by atoms with Gasteiger partial charge in [-0.2, -0.15) is 0 Å². The standard InChI is InChI=1S/C48H30N6/c1-2-12-32(13-3-1)46-52-47(35-20-19-31-11-4-5-14-33(31)25-35)54-48(53-46)39-27-37(43-29-34-15-6-7-16-40(34)41-17-8-9-18-42(41)43)26-38(28-39)44-22-21-36(30-51-44)45-49-23-10-24-50-45/h1-30H. The number of hydrogen-bond acceptors (Lipinski definition) is 6. The van der Waals surface area contributed by atoms with E-state index in [1.54, 1.807) is 12.4 Å². The Hall–Kier alpha value is -7.44. The van der Waals surface area contributed by atoms with E-state index >= 15 is 0 Å². The number of benzene rings is 7. The largest absolute Gasteiger partial charge is 0.255 e. The van der Waals surface area contributed by atoms with E-state index in [1.807, 2.05) is 54.7 Å². The Labute approximate surface area is 311 Å². The first-order chi connectivity index (χ1) is 26.7. The molecule has 0 atom stereocenters. The van der Waals surface area contributed by atoms with E-state index in [9.17, 15) is 0 Å². The summed E-state index contributed by atoms with van der Waals surface area (Å²) in [4.78, 5) is 29.1. The van der Waals surface area contributed by atoms with Crippen LogP contribution in [0.3, 0.4) is 0 Å². The summed E-state index contributed by atoms with van der Waals surface area (Å²) in [7, 11) is 0. The third-order valence-corrected chi connectivity index (χ3v) is 9.83. The summed E-state index contributed by atoms with van der Waals surface area (Å²) in [5, 5.41) is 7.05. The number of aromatic nitrogens is 6. The Morgan fingerprint density at radius 2 is 0.907 bits per heavy atom. The van der Waals surface area contributed by atoms with Crippen LogP contribution in [0.25, 0.3) is 100 Å². The monoisotopic (exact) mass is 690 g/mol. The lowest BCUT2D eigenvalue weighted by atomic mass is 9.91. The predicted molar refractivity (Wildman–Crippen MR) is 218 cm³/mol. The van der Waals surface area contributed by atoms with Gasteiger partial charge in [0.1, 0.15) is 0 Å². The van der Waals surface area contributed by atoms with Gasteiger partial charge in [-0.3, -0.25) is 4.98 Å². The molecule has 6 nitrogen and oxygen atoms in total. The highest BCUT2D eigenvalue weighted by Crippen LogP contribution is 2.39. The van der Waals surface area contributed by atoms with Crippen LogP contribution in [0, 0.1) is 0 Å². The fourth-order valence-electron chi connectivity index (χ4n) is 7.18. The zero-order valence-electron chi connectivity index (χ0n) is 29.0. The first-order valence-electron chi connectivity index (χ1n) is 17.8. The summed E-state index contributed by atoms with van der Waals surface area (Å²) >= 11 is 0. The van der Waals surface area contributed by atoms with E-state index < -0.39 is 0 Å². The molecule has 0 N–H and O–H groups in total. The van der Waals surface area contributed by atoms with E-state index in [2.05, 4.69) is 125 Å². The van der Waals surface area contributed by atoms with E-state index in [-0.39, 0.29) is 0 Å². The third-order valence-electron chi connectivity index (χ3n) is 9.83. The molecule has 54 heavy (non-hydrogen) atoms. The van der Waals surface area contributed by atoms with Crippen molar-refractivity contribution in [1.29, 1.82) is 0 Å². The summed E-state index contributed by atoms with van der Waals surface area (Å²) in [6.45, 7) is 0. The SMILES string of the molecule is c1ccc(-c2nc(-c3cc(-c4ccc(-c5ncccn5)cn4)cc(-c4cc5ccccc5c5ccccc45)c3)nc(-c3ccc4ccccc4c3)n2)cc1. The van der Waals surface area contributed by atoms with Crippen molar-refractivity contribution in [2.75, 3.05) is 0 Å². The van der Waals surface area contributed by atoms with Crippen molar-refractivity contribution in [3.05, 3.63) is 182 Å². The van der Waals surface area contributed by atoms with Crippen LogP contribution >= 0.6 is 0 Å². The first kappa shape index (κ1) is 31.3. The van der Waals surface area contributed by atoms with Crippen molar-refractivity contribution in [3.8, 4) is 67.9 Å². The Morgan fingerprint density at radius 3 is 1.69 bits per heavy atom. The number of hydrogen-bond donors (Lipinski definition) is 0. The zero-order chi connectivity index (χ0) is 35.8. The second-order valence-electron chi connectivity index (χ2n) is 13.2. The average Bonchev–Trinajstić information content (AvgIpc) is 3.26. The van der Waals surface area contributed by atoms with Crippen LogP contribution in [0.1, 0.15) is 0 Å². The summed E-state index contributed by atoms with van der Waals surface area (Å²) < 4.78 is 0. The molecule has 0 spiro atoms. The maximum atomic E-state index is 5.18. The molecular formula is C48H30N6. The summed E-state index contributed by atoms with van der Waals surface area (Å²) in [6, 6.07) is 56.6. The summed E-state index contributed by atoms with van der Waals surface area (Å²) in [5.74, 6) is 2.43. The average molecular weight is 691 g/mol. The Morgan fingerprint density at radius 1 is 0.296 bits per heavy atom. The van der Waals surface area contributed by atoms with Gasteiger partial charge in [-0.15, -0.1) is 0 Å². The molecule has 0 saturated carbocycles. The highest BCUT2D eigenvalue weighted by molar-refractivity contribution is 6.14. The lowest BCUT2D eigenvalue weighted by Crippen LogP contribution is -2.01. The smallest absolute Gasteiger partial charge is 0.164 e. The predicted octanol–water partition coefficient (Wildman–Crippen LogP) is 11.5. The summed E-state index contributed by atoms with van der Waals surface area (Å²) in [6.07, 6.45) is 5.31. The zero-order valence-corrected chi connectivity index (χ0v) is 29.0. The molecule has 10 rings (SSSR count). The lowest BCUT2D eigenvalue weighted by Gasteiger charge is -2.15. The molecule has 0 bridgehead atoms. The number of nitrogens with zero attached hydrogens (tertiary/aromatic N) is 6. The fraction of sp³-hybridized carbons (Fsp3) is 0. The number of pyridine rings is 1. The molecule has 3 aromatic heterocycles. The Kier molecular flexibility index (Phi) is 7.69. The molecule has 0 aliphatic carbocycles. The first-order valence-corrected chi connectivity index (χ1v) is 17.8. The normalized spacial score (nSPS) is 11.3. The van der Waals surface area contributed by atoms with E-state index in [4.69, 9.17) is 19.9 Å². The highest BCUT2D eigenvalue weighted by atomic mass is 15.0. The van der Waals surface area contributed by atoms with Crippen molar-refractivity contribution < 1.29 is 0 Å². The minimum Gasteiger partial charge on any atom is -0.255 e. The van der Waals surface area contributed by atoms with Crippen molar-refractivity contribution in [2.45, 2.75) is 0 Å². The van der Waals surface area contributed by atoms with Gasteiger partial charge < -0.3 is 0 Å². The van der Waals surface area contributed by atoms with Gasteiger partial charge in [-0.05, 0) is 92.0 Å². The summed E-state index contributed by atoms with van der Waals surface area (Å²) in [5.41, 5.74) is 7.46. The topological polar surface area (TPSA) is 77.3 Å². The quantitative estimate of drug-likeness (QED) is 0.162. The van der Waals surface area contributed by atoms with Crippen LogP contribution in [0.4, 0.5) is 0 Å². The van der Waals surface area contributed by atoms with Crippen LogP contribution in [-0.2, 0) is 0 Å². The molecule has 3 heterocycles. The van der Waals surface area contributed by atoms with Gasteiger partial charge in [-0.25, -0.2) is 24.9 Å². The molecule has 0 unspecified atom stereocenters. The van der Waals surface area contributed by atoms with Crippen LogP contribution in [0.2, 0.25) is 0 Å². The van der Waals surface area contributed by atoms with Gasteiger partial charge in [0.15, 0.2) is 23.3 Å². The maximum Gasteiger partial charge on any atom is 0.164 e. The van der Waals surface area contributed by atoms with E-state index in [1.165, 1.54) is 21.5 Å². The highest BCUT2D eigenvalue weighted by Gasteiger charge is 2.17.